The first-order valence-corrected chi connectivity index (χ1v) is 8.87. The van der Waals surface area contributed by atoms with Gasteiger partial charge < -0.3 is 0 Å². The lowest BCUT2D eigenvalue weighted by molar-refractivity contribution is 0.982. The summed E-state index contributed by atoms with van der Waals surface area (Å²) >= 11 is 3.63. The molecule has 0 aromatic heterocycles. The summed E-state index contributed by atoms with van der Waals surface area (Å²) in [5.41, 5.74) is 3.25. The van der Waals surface area contributed by atoms with Crippen molar-refractivity contribution in [2.75, 3.05) is 11.5 Å². The molecule has 3 rings (SSSR count). The molecule has 0 bridgehead atoms. The Morgan fingerprint density at radius 1 is 0.857 bits per heavy atom. The maximum absolute atomic E-state index is 9.74. The van der Waals surface area contributed by atoms with Gasteiger partial charge in [0.1, 0.15) is 0 Å². The monoisotopic (exact) mass is 309 g/mol. The van der Waals surface area contributed by atoms with Gasteiger partial charge in [-0.3, -0.25) is 0 Å². The van der Waals surface area contributed by atoms with E-state index >= 15 is 0 Å². The van der Waals surface area contributed by atoms with E-state index in [1.165, 1.54) is 15.4 Å². The van der Waals surface area contributed by atoms with Gasteiger partial charge in [0.05, 0.1) is 15.9 Å². The average molecular weight is 309 g/mol. The largest absolute Gasteiger partial charge is 0.193 e. The summed E-state index contributed by atoms with van der Waals surface area (Å²) in [6, 6.07) is 23.1. The fraction of sp³-hybridized carbons (Fsp3) is 0.167. The Kier molecular flexibility index (Phi) is 4.69. The maximum Gasteiger partial charge on any atom is 0.0974 e. The van der Waals surface area contributed by atoms with E-state index in [9.17, 15) is 5.26 Å². The summed E-state index contributed by atoms with van der Waals surface area (Å²) in [5, 5.41) is 9.74. The number of nitrogens with zero attached hydrogens (tertiary/aromatic N) is 1. The van der Waals surface area contributed by atoms with E-state index in [1.807, 2.05) is 59.9 Å². The number of allylic oxidation sites excluding steroid dienone is 1. The van der Waals surface area contributed by atoms with Crippen molar-refractivity contribution in [3.63, 3.8) is 0 Å². The highest BCUT2D eigenvalue weighted by Crippen LogP contribution is 2.44. The quantitative estimate of drug-likeness (QED) is 0.743. The zero-order valence-electron chi connectivity index (χ0n) is 11.5. The topological polar surface area (TPSA) is 23.8 Å². The first-order valence-electron chi connectivity index (χ1n) is 6.90. The summed E-state index contributed by atoms with van der Waals surface area (Å²) < 4.78 is 1.19. The van der Waals surface area contributed by atoms with Crippen LogP contribution in [0.15, 0.2) is 70.5 Å². The number of hydrogen-bond donors (Lipinski definition) is 0. The Morgan fingerprint density at radius 3 is 1.76 bits per heavy atom. The summed E-state index contributed by atoms with van der Waals surface area (Å²) in [5.74, 6) is 2.23. The molecule has 0 aliphatic carbocycles. The third-order valence-corrected chi connectivity index (χ3v) is 6.19. The minimum Gasteiger partial charge on any atom is -0.193 e. The molecule has 2 aromatic rings. The van der Waals surface area contributed by atoms with Gasteiger partial charge in [-0.2, -0.15) is 5.26 Å². The zero-order valence-corrected chi connectivity index (χ0v) is 13.2. The lowest BCUT2D eigenvalue weighted by atomic mass is 9.86. The van der Waals surface area contributed by atoms with Crippen LogP contribution in [0.5, 0.6) is 0 Å². The van der Waals surface area contributed by atoms with Crippen LogP contribution < -0.4 is 0 Å². The molecule has 21 heavy (non-hydrogen) atoms. The van der Waals surface area contributed by atoms with Crippen LogP contribution in [0.4, 0.5) is 0 Å². The average Bonchev–Trinajstić information content (AvgIpc) is 3.08. The van der Waals surface area contributed by atoms with Crippen molar-refractivity contribution in [3.05, 3.63) is 81.6 Å². The Labute approximate surface area is 134 Å². The molecule has 104 valence electrons. The summed E-state index contributed by atoms with van der Waals surface area (Å²) in [7, 11) is 0. The first kappa shape index (κ1) is 14.3. The number of benzene rings is 2. The van der Waals surface area contributed by atoms with Gasteiger partial charge in [0.2, 0.25) is 0 Å². The van der Waals surface area contributed by atoms with Crippen LogP contribution in [0, 0.1) is 11.3 Å². The van der Waals surface area contributed by atoms with E-state index in [4.69, 9.17) is 0 Å². The molecule has 1 nitrogen and oxygen atoms in total. The van der Waals surface area contributed by atoms with Crippen LogP contribution in [0.25, 0.3) is 0 Å². The molecular formula is C18H15NS2. The number of rotatable bonds is 3. The molecule has 0 unspecified atom stereocenters. The van der Waals surface area contributed by atoms with Crippen molar-refractivity contribution < 1.29 is 0 Å². The highest BCUT2D eigenvalue weighted by molar-refractivity contribution is 8.25. The van der Waals surface area contributed by atoms with Crippen molar-refractivity contribution in [1.29, 1.82) is 5.26 Å². The van der Waals surface area contributed by atoms with E-state index in [-0.39, 0.29) is 5.92 Å². The molecule has 1 fully saturated rings. The second kappa shape index (κ2) is 6.89. The van der Waals surface area contributed by atoms with Gasteiger partial charge in [-0.05, 0) is 11.1 Å². The molecule has 1 heterocycles. The highest BCUT2D eigenvalue weighted by atomic mass is 32.2. The molecule has 1 aliphatic heterocycles. The van der Waals surface area contributed by atoms with Crippen molar-refractivity contribution >= 4 is 23.5 Å². The van der Waals surface area contributed by atoms with Crippen LogP contribution in [0.3, 0.4) is 0 Å². The van der Waals surface area contributed by atoms with Gasteiger partial charge in [-0.1, -0.05) is 60.7 Å². The summed E-state index contributed by atoms with van der Waals surface area (Å²) in [6.07, 6.45) is 0. The fourth-order valence-corrected chi connectivity index (χ4v) is 5.02. The van der Waals surface area contributed by atoms with Crippen molar-refractivity contribution in [1.82, 2.24) is 0 Å². The third-order valence-electron chi connectivity index (χ3n) is 3.44. The Morgan fingerprint density at radius 2 is 1.33 bits per heavy atom. The Bertz CT molecular complexity index is 624. The van der Waals surface area contributed by atoms with E-state index in [2.05, 4.69) is 30.3 Å². The molecule has 0 radical (unpaired) electrons. The van der Waals surface area contributed by atoms with Crippen molar-refractivity contribution in [2.45, 2.75) is 5.92 Å². The lowest BCUT2D eigenvalue weighted by Crippen LogP contribution is -2.04. The van der Waals surface area contributed by atoms with Crippen LogP contribution >= 0.6 is 23.5 Å². The molecule has 0 atom stereocenters. The molecule has 2 aromatic carbocycles. The molecule has 1 saturated heterocycles. The van der Waals surface area contributed by atoms with Gasteiger partial charge in [0.15, 0.2) is 0 Å². The Hall–Kier alpha value is -1.63. The minimum atomic E-state index is 0.0329. The van der Waals surface area contributed by atoms with E-state index < -0.39 is 0 Å². The van der Waals surface area contributed by atoms with Gasteiger partial charge in [0, 0.05) is 17.4 Å². The fourth-order valence-electron chi connectivity index (χ4n) is 2.51. The standard InChI is InChI=1S/C18H15NS2/c19-13-16(18-20-11-12-21-18)17(14-7-3-1-4-8-14)15-9-5-2-6-10-15/h1-10,17H,11-12H2. The number of thioether (sulfide) groups is 2. The second-order valence-corrected chi connectivity index (χ2v) is 7.23. The lowest BCUT2D eigenvalue weighted by Gasteiger charge is -2.18. The SMILES string of the molecule is N#CC(=C1SCCS1)C(c1ccccc1)c1ccccc1. The molecule has 0 amide bonds. The predicted octanol–water partition coefficient (Wildman–Crippen LogP) is 5.03. The summed E-state index contributed by atoms with van der Waals surface area (Å²) in [6.45, 7) is 0. The van der Waals surface area contributed by atoms with E-state index in [0.717, 1.165) is 17.1 Å². The number of hydrogen-bond acceptors (Lipinski definition) is 3. The van der Waals surface area contributed by atoms with Crippen LogP contribution in [0.1, 0.15) is 17.0 Å². The highest BCUT2D eigenvalue weighted by Gasteiger charge is 2.24. The summed E-state index contributed by atoms with van der Waals surface area (Å²) in [4.78, 5) is 0. The van der Waals surface area contributed by atoms with Crippen LogP contribution in [-0.2, 0) is 0 Å². The smallest absolute Gasteiger partial charge is 0.0974 e. The molecular weight excluding hydrogens is 294 g/mol. The predicted molar refractivity (Wildman–Crippen MR) is 92.3 cm³/mol. The van der Waals surface area contributed by atoms with E-state index in [1.54, 1.807) is 0 Å². The molecule has 0 spiro atoms. The second-order valence-electron chi connectivity index (χ2n) is 4.76. The molecule has 0 saturated carbocycles. The normalized spacial score (nSPS) is 14.2. The van der Waals surface area contributed by atoms with Crippen molar-refractivity contribution in [3.8, 4) is 6.07 Å². The van der Waals surface area contributed by atoms with E-state index in [0.29, 0.717) is 0 Å². The maximum atomic E-state index is 9.74. The third kappa shape index (κ3) is 3.18. The molecule has 1 aliphatic rings. The van der Waals surface area contributed by atoms with Gasteiger partial charge in [-0.15, -0.1) is 23.5 Å². The van der Waals surface area contributed by atoms with Gasteiger partial charge in [0.25, 0.3) is 0 Å². The van der Waals surface area contributed by atoms with Crippen LogP contribution in [-0.4, -0.2) is 11.5 Å². The minimum absolute atomic E-state index is 0.0329. The first-order chi connectivity index (χ1) is 10.4. The van der Waals surface area contributed by atoms with Gasteiger partial charge in [-0.25, -0.2) is 0 Å². The van der Waals surface area contributed by atoms with Gasteiger partial charge >= 0.3 is 0 Å². The van der Waals surface area contributed by atoms with Crippen molar-refractivity contribution in [2.24, 2.45) is 0 Å². The number of nitriles is 1. The van der Waals surface area contributed by atoms with Crippen LogP contribution in [0.2, 0.25) is 0 Å². The Balaban J connectivity index is 2.13. The zero-order chi connectivity index (χ0) is 14.5. The molecule has 0 N–H and O–H groups in total. The molecule has 3 heteroatoms.